The summed E-state index contributed by atoms with van der Waals surface area (Å²) in [5.74, 6) is -0.886. The van der Waals surface area contributed by atoms with E-state index in [9.17, 15) is 15.0 Å². The van der Waals surface area contributed by atoms with Crippen LogP contribution < -0.4 is 0 Å². The third-order valence-electron chi connectivity index (χ3n) is 2.38. The predicted molar refractivity (Wildman–Crippen MR) is 64.2 cm³/mol. The van der Waals surface area contributed by atoms with E-state index in [2.05, 4.69) is 4.74 Å². The van der Waals surface area contributed by atoms with Gasteiger partial charge in [0.15, 0.2) is 0 Å². The summed E-state index contributed by atoms with van der Waals surface area (Å²) in [6.07, 6.45) is 2.22. The molecular weight excluding hydrogens is 220 g/mol. The van der Waals surface area contributed by atoms with E-state index in [0.717, 1.165) is 5.57 Å². The summed E-state index contributed by atoms with van der Waals surface area (Å²) in [5.41, 5.74) is 1.45. The number of phenols is 2. The van der Waals surface area contributed by atoms with Crippen molar-refractivity contribution in [1.29, 1.82) is 0 Å². The molecule has 1 rings (SSSR count). The van der Waals surface area contributed by atoms with Crippen LogP contribution in [-0.2, 0) is 11.2 Å². The number of ether oxygens (including phenoxy) is 1. The molecule has 0 aliphatic rings. The van der Waals surface area contributed by atoms with Crippen molar-refractivity contribution in [3.63, 3.8) is 0 Å². The lowest BCUT2D eigenvalue weighted by Crippen LogP contribution is -2.03. The van der Waals surface area contributed by atoms with Crippen molar-refractivity contribution in [3.05, 3.63) is 34.9 Å². The number of carbonyl (C=O) groups is 1. The van der Waals surface area contributed by atoms with Crippen LogP contribution in [0.1, 0.15) is 29.8 Å². The van der Waals surface area contributed by atoms with E-state index in [1.165, 1.54) is 19.2 Å². The third kappa shape index (κ3) is 3.00. The molecule has 0 saturated heterocycles. The van der Waals surface area contributed by atoms with Crippen LogP contribution in [0.25, 0.3) is 0 Å². The first-order valence-electron chi connectivity index (χ1n) is 5.22. The minimum absolute atomic E-state index is 0.0346. The molecule has 17 heavy (non-hydrogen) atoms. The first-order chi connectivity index (χ1) is 7.97. The van der Waals surface area contributed by atoms with Crippen LogP contribution in [0.2, 0.25) is 0 Å². The number of carbonyl (C=O) groups excluding carboxylic acids is 1. The fourth-order valence-electron chi connectivity index (χ4n) is 1.41. The largest absolute Gasteiger partial charge is 0.508 e. The van der Waals surface area contributed by atoms with Gasteiger partial charge in [0.1, 0.15) is 17.1 Å². The van der Waals surface area contributed by atoms with E-state index in [-0.39, 0.29) is 17.1 Å². The van der Waals surface area contributed by atoms with Gasteiger partial charge >= 0.3 is 5.97 Å². The molecule has 4 heteroatoms. The smallest absolute Gasteiger partial charge is 0.341 e. The molecule has 0 aromatic heterocycles. The van der Waals surface area contributed by atoms with E-state index in [0.29, 0.717) is 12.0 Å². The van der Waals surface area contributed by atoms with Gasteiger partial charge in [0.05, 0.1) is 7.11 Å². The zero-order valence-corrected chi connectivity index (χ0v) is 10.2. The van der Waals surface area contributed by atoms with Gasteiger partial charge in [-0.2, -0.15) is 0 Å². The standard InChI is InChI=1S/C13H16O4/c1-8(2)4-5-9-11(14)7-6-10(12(9)15)13(16)17-3/h4,6-7,14-15H,5H2,1-3H3. The highest BCUT2D eigenvalue weighted by molar-refractivity contribution is 5.93. The second-order valence-corrected chi connectivity index (χ2v) is 3.94. The Hall–Kier alpha value is -1.97. The molecular formula is C13H16O4. The van der Waals surface area contributed by atoms with E-state index >= 15 is 0 Å². The Balaban J connectivity index is 3.20. The van der Waals surface area contributed by atoms with Crippen molar-refractivity contribution in [1.82, 2.24) is 0 Å². The van der Waals surface area contributed by atoms with Gasteiger partial charge in [0, 0.05) is 5.56 Å². The Labute approximate surface area is 100 Å². The first-order valence-corrected chi connectivity index (χ1v) is 5.22. The summed E-state index contributed by atoms with van der Waals surface area (Å²) in [6.45, 7) is 3.83. The molecule has 0 fully saturated rings. The van der Waals surface area contributed by atoms with Crippen molar-refractivity contribution in [3.8, 4) is 11.5 Å². The van der Waals surface area contributed by atoms with Gasteiger partial charge in [0.2, 0.25) is 0 Å². The molecule has 0 bridgehead atoms. The molecule has 1 aromatic carbocycles. The maximum Gasteiger partial charge on any atom is 0.341 e. The van der Waals surface area contributed by atoms with Crippen molar-refractivity contribution < 1.29 is 19.7 Å². The summed E-state index contributed by atoms with van der Waals surface area (Å²) in [6, 6.07) is 2.71. The number of allylic oxidation sites excluding steroid dienone is 2. The number of rotatable bonds is 3. The topological polar surface area (TPSA) is 66.8 Å². The SMILES string of the molecule is COC(=O)c1ccc(O)c(CC=C(C)C)c1O. The predicted octanol–water partition coefficient (Wildman–Crippen LogP) is 2.39. The highest BCUT2D eigenvalue weighted by Crippen LogP contribution is 2.31. The lowest BCUT2D eigenvalue weighted by atomic mass is 10.0. The van der Waals surface area contributed by atoms with E-state index in [4.69, 9.17) is 0 Å². The minimum atomic E-state index is -0.624. The Morgan fingerprint density at radius 2 is 2.00 bits per heavy atom. The summed E-state index contributed by atoms with van der Waals surface area (Å²) in [7, 11) is 1.24. The van der Waals surface area contributed by atoms with Crippen molar-refractivity contribution >= 4 is 5.97 Å². The van der Waals surface area contributed by atoms with Gasteiger partial charge in [-0.05, 0) is 32.4 Å². The molecule has 0 heterocycles. The van der Waals surface area contributed by atoms with Gasteiger partial charge in [-0.3, -0.25) is 0 Å². The zero-order valence-electron chi connectivity index (χ0n) is 10.2. The number of phenolic OH excluding ortho intramolecular Hbond substituents is 2. The van der Waals surface area contributed by atoms with E-state index in [1.807, 2.05) is 19.9 Å². The maximum absolute atomic E-state index is 11.4. The fraction of sp³-hybridized carbons (Fsp3) is 0.308. The first kappa shape index (κ1) is 13.1. The molecule has 0 aliphatic carbocycles. The number of hydrogen-bond donors (Lipinski definition) is 2. The minimum Gasteiger partial charge on any atom is -0.508 e. The molecule has 0 atom stereocenters. The molecule has 4 nitrogen and oxygen atoms in total. The molecule has 0 amide bonds. The normalized spacial score (nSPS) is 9.82. The maximum atomic E-state index is 11.4. The summed E-state index contributed by atoms with van der Waals surface area (Å²) < 4.78 is 4.54. The van der Waals surface area contributed by atoms with Crippen LogP contribution in [-0.4, -0.2) is 23.3 Å². The lowest BCUT2D eigenvalue weighted by molar-refractivity contribution is 0.0597. The van der Waals surface area contributed by atoms with Gasteiger partial charge in [-0.15, -0.1) is 0 Å². The Morgan fingerprint density at radius 3 is 2.53 bits per heavy atom. The second-order valence-electron chi connectivity index (χ2n) is 3.94. The molecule has 92 valence electrons. The van der Waals surface area contributed by atoms with Crippen LogP contribution in [0.4, 0.5) is 0 Å². The van der Waals surface area contributed by atoms with Gasteiger partial charge in [-0.1, -0.05) is 11.6 Å². The summed E-state index contributed by atoms with van der Waals surface area (Å²) in [4.78, 5) is 11.4. The van der Waals surface area contributed by atoms with Crippen LogP contribution in [0, 0.1) is 0 Å². The van der Waals surface area contributed by atoms with Crippen LogP contribution in [0.15, 0.2) is 23.8 Å². The highest BCUT2D eigenvalue weighted by atomic mass is 16.5. The monoisotopic (exact) mass is 236 g/mol. The van der Waals surface area contributed by atoms with Crippen molar-refractivity contribution in [2.45, 2.75) is 20.3 Å². The van der Waals surface area contributed by atoms with Crippen molar-refractivity contribution in [2.75, 3.05) is 7.11 Å². The van der Waals surface area contributed by atoms with Gasteiger partial charge < -0.3 is 14.9 Å². The Kier molecular flexibility index (Phi) is 4.15. The number of benzene rings is 1. The van der Waals surface area contributed by atoms with Gasteiger partial charge in [-0.25, -0.2) is 4.79 Å². The van der Waals surface area contributed by atoms with E-state index < -0.39 is 5.97 Å². The Bertz CT molecular complexity index is 457. The average molecular weight is 236 g/mol. The molecule has 1 aromatic rings. The zero-order chi connectivity index (χ0) is 13.0. The Morgan fingerprint density at radius 1 is 1.35 bits per heavy atom. The lowest BCUT2D eigenvalue weighted by Gasteiger charge is -2.09. The molecule has 0 aliphatic heterocycles. The average Bonchev–Trinajstić information content (AvgIpc) is 2.27. The summed E-state index contributed by atoms with van der Waals surface area (Å²) in [5, 5.41) is 19.5. The third-order valence-corrected chi connectivity index (χ3v) is 2.38. The van der Waals surface area contributed by atoms with Crippen LogP contribution in [0.5, 0.6) is 11.5 Å². The molecule has 0 radical (unpaired) electrons. The van der Waals surface area contributed by atoms with Crippen LogP contribution >= 0.6 is 0 Å². The molecule has 0 saturated carbocycles. The van der Waals surface area contributed by atoms with Gasteiger partial charge in [0.25, 0.3) is 0 Å². The molecule has 0 spiro atoms. The van der Waals surface area contributed by atoms with Crippen molar-refractivity contribution in [2.24, 2.45) is 0 Å². The number of hydrogen-bond acceptors (Lipinski definition) is 4. The summed E-state index contributed by atoms with van der Waals surface area (Å²) >= 11 is 0. The number of esters is 1. The van der Waals surface area contributed by atoms with Crippen LogP contribution in [0.3, 0.4) is 0 Å². The quantitative estimate of drug-likeness (QED) is 0.624. The molecule has 0 unspecified atom stereocenters. The number of methoxy groups -OCH3 is 1. The second kappa shape index (κ2) is 5.39. The fourth-order valence-corrected chi connectivity index (χ4v) is 1.41. The highest BCUT2D eigenvalue weighted by Gasteiger charge is 2.17. The molecule has 2 N–H and O–H groups in total. The number of aromatic hydroxyl groups is 2. The van der Waals surface area contributed by atoms with E-state index in [1.54, 1.807) is 0 Å².